The summed E-state index contributed by atoms with van der Waals surface area (Å²) < 4.78 is 39.3. The first-order chi connectivity index (χ1) is 26.3. The predicted octanol–water partition coefficient (Wildman–Crippen LogP) is 11.5. The summed E-state index contributed by atoms with van der Waals surface area (Å²) >= 11 is 0. The van der Waals surface area contributed by atoms with Gasteiger partial charge in [0.1, 0.15) is 0 Å². The van der Waals surface area contributed by atoms with E-state index in [9.17, 15) is 0 Å². The largest absolute Gasteiger partial charge is 0.486 e. The van der Waals surface area contributed by atoms with Crippen molar-refractivity contribution in [1.29, 1.82) is 0 Å². The molecule has 0 saturated carbocycles. The smallest absolute Gasteiger partial charge is 0.216 e. The van der Waals surface area contributed by atoms with Crippen molar-refractivity contribution in [1.82, 2.24) is 19.5 Å². The number of aromatic nitrogens is 4. The molecule has 0 aliphatic rings. The number of aryl methyl sites for hydroxylation is 5. The average Bonchev–Trinajstić information content (AvgIpc) is 3.68. The van der Waals surface area contributed by atoms with Gasteiger partial charge in [-0.15, -0.1) is 53.6 Å². The molecule has 0 atom stereocenters. The van der Waals surface area contributed by atoms with Crippen molar-refractivity contribution in [2.45, 2.75) is 73.9 Å². The zero-order chi connectivity index (χ0) is 40.3. The standard InChI is InChI=1S/C28H22N3O.C18H24NSi.Ir/c1-16-14-17(2)25(18(3)15-16)31-24-11-6-5-10-23(24)30-27(31)22-9-7-8-20-21-13-12-19(4)29-28(21)32-26(20)22;1-13(2)16-11-17(15-9-7-14(3)8-10-15)19-12-18(16)20(4,5)6;/h5-8,10-15H,1-4H3;7-9,11-13H,1-6H3;/q2*-1;/i;3D3,13D;. The fourth-order valence-corrected chi connectivity index (χ4v) is 8.61. The van der Waals surface area contributed by atoms with E-state index in [4.69, 9.17) is 14.9 Å². The van der Waals surface area contributed by atoms with Gasteiger partial charge in [0.25, 0.3) is 0 Å². The van der Waals surface area contributed by atoms with Gasteiger partial charge in [0, 0.05) is 48.6 Å². The summed E-state index contributed by atoms with van der Waals surface area (Å²) in [4.78, 5) is 14.2. The van der Waals surface area contributed by atoms with Crippen LogP contribution in [-0.2, 0) is 20.1 Å². The molecule has 0 bridgehead atoms. The van der Waals surface area contributed by atoms with E-state index >= 15 is 0 Å². The van der Waals surface area contributed by atoms with Gasteiger partial charge in [-0.1, -0.05) is 92.7 Å². The first-order valence-electron chi connectivity index (χ1n) is 19.6. The van der Waals surface area contributed by atoms with Crippen LogP contribution in [0.25, 0.3) is 61.4 Å². The Balaban J connectivity index is 0.000000198. The molecule has 0 saturated heterocycles. The Labute approximate surface area is 333 Å². The third kappa shape index (κ3) is 7.44. The van der Waals surface area contributed by atoms with Crippen molar-refractivity contribution >= 4 is 46.4 Å². The number of hydrogen-bond acceptors (Lipinski definition) is 4. The Morgan fingerprint density at radius 2 is 1.60 bits per heavy atom. The van der Waals surface area contributed by atoms with Crippen molar-refractivity contribution in [3.8, 4) is 28.3 Å². The summed E-state index contributed by atoms with van der Waals surface area (Å²) in [5.41, 5.74) is 12.7. The molecule has 8 rings (SSSR count). The molecule has 271 valence electrons. The minimum absolute atomic E-state index is 0. The van der Waals surface area contributed by atoms with Crippen LogP contribution in [0.1, 0.15) is 58.7 Å². The van der Waals surface area contributed by atoms with Crippen molar-refractivity contribution in [3.63, 3.8) is 0 Å². The van der Waals surface area contributed by atoms with Gasteiger partial charge in [-0.25, -0.2) is 4.98 Å². The maximum atomic E-state index is 8.48. The van der Waals surface area contributed by atoms with Gasteiger partial charge in [-0.3, -0.25) is 4.98 Å². The molecule has 0 N–H and O–H groups in total. The molecule has 4 heterocycles. The van der Waals surface area contributed by atoms with E-state index < -0.39 is 20.8 Å². The second-order valence-corrected chi connectivity index (χ2v) is 19.9. The minimum Gasteiger partial charge on any atom is -0.486 e. The zero-order valence-electron chi connectivity index (χ0n) is 35.7. The van der Waals surface area contributed by atoms with Crippen LogP contribution in [0.2, 0.25) is 19.6 Å². The quantitative estimate of drug-likeness (QED) is 0.128. The van der Waals surface area contributed by atoms with Crippen LogP contribution in [0.4, 0.5) is 0 Å². The van der Waals surface area contributed by atoms with Crippen molar-refractivity contribution in [3.05, 3.63) is 137 Å². The van der Waals surface area contributed by atoms with E-state index in [-0.39, 0.29) is 25.7 Å². The molecule has 4 aromatic heterocycles. The Bertz CT molecular complexity index is 2740. The Morgan fingerprint density at radius 3 is 2.28 bits per heavy atom. The van der Waals surface area contributed by atoms with Crippen LogP contribution in [0.5, 0.6) is 0 Å². The fraction of sp³-hybridized carbons (Fsp3) is 0.239. The Hall–Kier alpha value is -4.68. The van der Waals surface area contributed by atoms with Crippen molar-refractivity contribution in [2.24, 2.45) is 0 Å². The summed E-state index contributed by atoms with van der Waals surface area (Å²) in [7, 11) is -1.61. The molecular formula is C46H46IrN4OSi-2. The summed E-state index contributed by atoms with van der Waals surface area (Å²) in [6, 6.07) is 34.0. The number of furan rings is 1. The second kappa shape index (κ2) is 15.0. The minimum atomic E-state index is -2.13. The number of benzene rings is 4. The van der Waals surface area contributed by atoms with Gasteiger partial charge < -0.3 is 14.0 Å². The van der Waals surface area contributed by atoms with E-state index in [2.05, 4.69) is 103 Å². The number of rotatable bonds is 5. The molecule has 0 aliphatic carbocycles. The van der Waals surface area contributed by atoms with Gasteiger partial charge in [0.05, 0.1) is 30.5 Å². The molecule has 0 fully saturated rings. The zero-order valence-corrected chi connectivity index (χ0v) is 35.1. The van der Waals surface area contributed by atoms with Gasteiger partial charge >= 0.3 is 0 Å². The molecule has 0 aliphatic heterocycles. The van der Waals surface area contributed by atoms with Crippen LogP contribution in [0, 0.1) is 46.7 Å². The summed E-state index contributed by atoms with van der Waals surface area (Å²) in [6.45, 7) is 16.8. The normalized spacial score (nSPS) is 13.2. The van der Waals surface area contributed by atoms with Gasteiger partial charge in [-0.05, 0) is 79.9 Å². The summed E-state index contributed by atoms with van der Waals surface area (Å²) in [5, 5.41) is 3.22. The second-order valence-electron chi connectivity index (χ2n) is 14.9. The SMILES string of the molecule is Cc1cc(C)c(-n2c(-c3[c-]ccc4c3oc3nc(C)ccc34)nc3ccccc32)c(C)c1.[2H]C([2H])([2H])c1c[c-]c(-c2cc(C([2H])(C)C)c([Si](C)(C)C)cn2)cc1.[Ir]. The number of imidazole rings is 1. The first-order valence-corrected chi connectivity index (χ1v) is 21.1. The molecule has 0 amide bonds. The molecule has 0 spiro atoms. The maximum absolute atomic E-state index is 8.48. The Morgan fingerprint density at radius 1 is 0.849 bits per heavy atom. The number of pyridine rings is 2. The van der Waals surface area contributed by atoms with Gasteiger partial charge in [0.2, 0.25) is 5.71 Å². The third-order valence-corrected chi connectivity index (χ3v) is 11.4. The molecule has 4 aromatic carbocycles. The predicted molar refractivity (Wildman–Crippen MR) is 220 cm³/mol. The molecule has 7 heteroatoms. The van der Waals surface area contributed by atoms with Crippen molar-refractivity contribution in [2.75, 3.05) is 0 Å². The Kier molecular flexibility index (Phi) is 9.31. The van der Waals surface area contributed by atoms with E-state index in [0.717, 1.165) is 67.0 Å². The molecule has 53 heavy (non-hydrogen) atoms. The van der Waals surface area contributed by atoms with Crippen molar-refractivity contribution < 1.29 is 30.0 Å². The maximum Gasteiger partial charge on any atom is 0.216 e. The van der Waals surface area contributed by atoms with Crippen LogP contribution in [0.15, 0.2) is 95.5 Å². The molecule has 1 radical (unpaired) electrons. The number of hydrogen-bond donors (Lipinski definition) is 0. The topological polar surface area (TPSA) is 56.7 Å². The van der Waals surface area contributed by atoms with E-state index in [0.29, 0.717) is 5.71 Å². The average molecular weight is 895 g/mol. The van der Waals surface area contributed by atoms with Crippen LogP contribution < -0.4 is 5.19 Å². The monoisotopic (exact) mass is 895 g/mol. The molecule has 5 nitrogen and oxygen atoms in total. The van der Waals surface area contributed by atoms with Crippen LogP contribution in [0.3, 0.4) is 0 Å². The number of para-hydroxylation sites is 2. The molecule has 8 aromatic rings. The summed E-state index contributed by atoms with van der Waals surface area (Å²) in [5.74, 6) is 0.106. The van der Waals surface area contributed by atoms with E-state index in [1.807, 2.05) is 57.3 Å². The van der Waals surface area contributed by atoms with Gasteiger partial charge in [0.15, 0.2) is 0 Å². The van der Waals surface area contributed by atoms with E-state index in [1.165, 1.54) is 27.9 Å². The van der Waals surface area contributed by atoms with Crippen LogP contribution >= 0.6 is 0 Å². The van der Waals surface area contributed by atoms with Crippen LogP contribution in [-0.4, -0.2) is 27.6 Å². The first kappa shape index (κ1) is 32.9. The van der Waals surface area contributed by atoms with Gasteiger partial charge in [-0.2, -0.15) is 0 Å². The summed E-state index contributed by atoms with van der Waals surface area (Å²) in [6.07, 6.45) is 1.89. The van der Waals surface area contributed by atoms with E-state index in [1.54, 1.807) is 12.1 Å². The third-order valence-electron chi connectivity index (χ3n) is 9.42. The number of nitrogens with zero attached hydrogens (tertiary/aromatic N) is 4. The molecule has 0 unspecified atom stereocenters. The fourth-order valence-electron chi connectivity index (χ4n) is 7.02. The molecular weight excluding hydrogens is 845 g/mol. The number of fused-ring (bicyclic) bond motifs is 4.